The maximum absolute atomic E-state index is 13.2. The number of likely N-dealkylation sites (N-methyl/N-ethyl adjacent to an activating group) is 1. The van der Waals surface area contributed by atoms with Crippen LogP contribution in [0.3, 0.4) is 0 Å². The number of hydrogen-bond donors (Lipinski definition) is 0. The van der Waals surface area contributed by atoms with Gasteiger partial charge in [0.25, 0.3) is 0 Å². The van der Waals surface area contributed by atoms with Crippen LogP contribution < -0.4 is 0 Å². The molecule has 0 radical (unpaired) electrons. The van der Waals surface area contributed by atoms with Crippen molar-refractivity contribution in [3.8, 4) is 5.69 Å². The van der Waals surface area contributed by atoms with Crippen LogP contribution in [0.1, 0.15) is 50.0 Å². The molecule has 1 amide bonds. The molecule has 0 spiro atoms. The Balaban J connectivity index is 1.93. The molecule has 6 nitrogen and oxygen atoms in total. The highest BCUT2D eigenvalue weighted by molar-refractivity contribution is 8.00. The van der Waals surface area contributed by atoms with Crippen molar-refractivity contribution in [3.05, 3.63) is 65.7 Å². The zero-order valence-electron chi connectivity index (χ0n) is 17.3. The third kappa shape index (κ3) is 4.85. The molecule has 1 atom stereocenters. The minimum Gasteiger partial charge on any atom is -0.342 e. The number of carbonyl (C=O) groups is 1. The van der Waals surface area contributed by atoms with Crippen LogP contribution in [0.2, 0.25) is 0 Å². The van der Waals surface area contributed by atoms with Gasteiger partial charge >= 0.3 is 0 Å². The predicted octanol–water partition coefficient (Wildman–Crippen LogP) is 4.49. The summed E-state index contributed by atoms with van der Waals surface area (Å²) in [7, 11) is 0. The first-order chi connectivity index (χ1) is 14.0. The Hall–Kier alpha value is -2.67. The number of aromatic nitrogens is 4. The summed E-state index contributed by atoms with van der Waals surface area (Å²) in [5.41, 5.74) is 3.08. The van der Waals surface area contributed by atoms with Crippen LogP contribution in [0.15, 0.2) is 59.8 Å². The molecule has 0 saturated heterocycles. The molecule has 0 N–H and O–H groups in total. The molecule has 0 saturated carbocycles. The van der Waals surface area contributed by atoms with Gasteiger partial charge in [-0.3, -0.25) is 4.79 Å². The van der Waals surface area contributed by atoms with E-state index >= 15 is 0 Å². The van der Waals surface area contributed by atoms with Crippen molar-refractivity contribution < 1.29 is 4.79 Å². The predicted molar refractivity (Wildman–Crippen MR) is 116 cm³/mol. The molecule has 1 aromatic heterocycles. The lowest BCUT2D eigenvalue weighted by molar-refractivity contribution is -0.130. The molecular formula is C22H27N5OS. The van der Waals surface area contributed by atoms with Crippen LogP contribution in [-0.2, 0) is 4.79 Å². The van der Waals surface area contributed by atoms with Crippen LogP contribution in [0.25, 0.3) is 5.69 Å². The van der Waals surface area contributed by atoms with E-state index in [4.69, 9.17) is 0 Å². The zero-order valence-corrected chi connectivity index (χ0v) is 18.1. The number of nitrogens with zero attached hydrogens (tertiary/aromatic N) is 5. The number of tetrazole rings is 1. The smallest absolute Gasteiger partial charge is 0.240 e. The lowest BCUT2D eigenvalue weighted by atomic mass is 10.0. The maximum Gasteiger partial charge on any atom is 0.240 e. The molecule has 0 bridgehead atoms. The van der Waals surface area contributed by atoms with Crippen LogP contribution >= 0.6 is 11.8 Å². The lowest BCUT2D eigenvalue weighted by Crippen LogP contribution is -2.34. The summed E-state index contributed by atoms with van der Waals surface area (Å²) in [6, 6.07) is 18.0. The van der Waals surface area contributed by atoms with Gasteiger partial charge in [-0.15, -0.1) is 5.10 Å². The zero-order chi connectivity index (χ0) is 20.8. The second kappa shape index (κ2) is 9.69. The number of amides is 1. The summed E-state index contributed by atoms with van der Waals surface area (Å²) in [5, 5.41) is 12.4. The fourth-order valence-electron chi connectivity index (χ4n) is 3.11. The van der Waals surface area contributed by atoms with Crippen molar-refractivity contribution in [2.75, 3.05) is 13.1 Å². The minimum atomic E-state index is -0.407. The summed E-state index contributed by atoms with van der Waals surface area (Å²) in [6.45, 7) is 9.65. The summed E-state index contributed by atoms with van der Waals surface area (Å²) >= 11 is 1.38. The van der Waals surface area contributed by atoms with Crippen LogP contribution in [0.4, 0.5) is 0 Å². The molecule has 152 valence electrons. The fraction of sp³-hybridized carbons (Fsp3) is 0.364. The third-order valence-electron chi connectivity index (χ3n) is 4.87. The normalized spacial score (nSPS) is 12.2. The van der Waals surface area contributed by atoms with Crippen molar-refractivity contribution in [2.24, 2.45) is 0 Å². The van der Waals surface area contributed by atoms with E-state index in [0.717, 1.165) is 11.3 Å². The Bertz CT molecular complexity index is 920. The van der Waals surface area contributed by atoms with E-state index in [-0.39, 0.29) is 5.91 Å². The first kappa shape index (κ1) is 21.0. The van der Waals surface area contributed by atoms with Gasteiger partial charge in [-0.1, -0.05) is 68.1 Å². The number of rotatable bonds is 8. The highest BCUT2D eigenvalue weighted by Crippen LogP contribution is 2.36. The molecular weight excluding hydrogens is 382 g/mol. The van der Waals surface area contributed by atoms with E-state index in [2.05, 4.69) is 41.5 Å². The Morgan fingerprint density at radius 2 is 1.66 bits per heavy atom. The average Bonchev–Trinajstić information content (AvgIpc) is 3.21. The number of hydrogen-bond acceptors (Lipinski definition) is 5. The van der Waals surface area contributed by atoms with Gasteiger partial charge < -0.3 is 4.90 Å². The molecule has 0 unspecified atom stereocenters. The van der Waals surface area contributed by atoms with Gasteiger partial charge in [0, 0.05) is 13.1 Å². The quantitative estimate of drug-likeness (QED) is 0.513. The van der Waals surface area contributed by atoms with E-state index in [1.165, 1.54) is 17.3 Å². The molecule has 0 aliphatic carbocycles. The van der Waals surface area contributed by atoms with E-state index in [1.54, 1.807) is 4.68 Å². The summed E-state index contributed by atoms with van der Waals surface area (Å²) in [6.07, 6.45) is 0. The van der Waals surface area contributed by atoms with Gasteiger partial charge in [-0.2, -0.15) is 4.68 Å². The molecule has 1 heterocycles. The summed E-state index contributed by atoms with van der Waals surface area (Å²) in [4.78, 5) is 15.1. The van der Waals surface area contributed by atoms with Crippen LogP contribution in [0.5, 0.6) is 0 Å². The highest BCUT2D eigenvalue weighted by atomic mass is 32.2. The Morgan fingerprint density at radius 1 is 1.00 bits per heavy atom. The second-order valence-corrected chi connectivity index (χ2v) is 8.11. The minimum absolute atomic E-state index is 0.0657. The molecule has 29 heavy (non-hydrogen) atoms. The Labute approximate surface area is 176 Å². The molecule has 0 aliphatic heterocycles. The average molecular weight is 410 g/mol. The molecule has 0 fully saturated rings. The van der Waals surface area contributed by atoms with Gasteiger partial charge in [-0.05, 0) is 53.5 Å². The van der Waals surface area contributed by atoms with Gasteiger partial charge in [0.15, 0.2) is 0 Å². The maximum atomic E-state index is 13.2. The third-order valence-corrected chi connectivity index (χ3v) is 6.05. The van der Waals surface area contributed by atoms with Crippen LogP contribution in [0, 0.1) is 0 Å². The molecule has 2 aromatic carbocycles. The van der Waals surface area contributed by atoms with E-state index in [1.807, 2.05) is 61.2 Å². The molecule has 3 rings (SSSR count). The number of benzene rings is 2. The van der Waals surface area contributed by atoms with Gasteiger partial charge in [-0.25, -0.2) is 0 Å². The Morgan fingerprint density at radius 3 is 2.24 bits per heavy atom. The Kier molecular flexibility index (Phi) is 7.04. The fourth-order valence-corrected chi connectivity index (χ4v) is 4.19. The van der Waals surface area contributed by atoms with Crippen molar-refractivity contribution in [3.63, 3.8) is 0 Å². The molecule has 3 aromatic rings. The number of carbonyl (C=O) groups excluding carboxylic acids is 1. The van der Waals surface area contributed by atoms with Crippen molar-refractivity contribution >= 4 is 17.7 Å². The first-order valence-corrected chi connectivity index (χ1v) is 10.8. The van der Waals surface area contributed by atoms with Gasteiger partial charge in [0.05, 0.1) is 5.69 Å². The topological polar surface area (TPSA) is 63.9 Å². The van der Waals surface area contributed by atoms with Crippen molar-refractivity contribution in [2.45, 2.75) is 44.0 Å². The van der Waals surface area contributed by atoms with Crippen molar-refractivity contribution in [1.29, 1.82) is 0 Å². The monoisotopic (exact) mass is 409 g/mol. The van der Waals surface area contributed by atoms with E-state index in [9.17, 15) is 4.79 Å². The molecule has 0 aliphatic rings. The second-order valence-electron chi connectivity index (χ2n) is 7.04. The highest BCUT2D eigenvalue weighted by Gasteiger charge is 2.28. The summed E-state index contributed by atoms with van der Waals surface area (Å²) < 4.78 is 1.69. The van der Waals surface area contributed by atoms with Crippen molar-refractivity contribution in [1.82, 2.24) is 25.1 Å². The van der Waals surface area contributed by atoms with Gasteiger partial charge in [0.1, 0.15) is 5.25 Å². The lowest BCUT2D eigenvalue weighted by Gasteiger charge is -2.24. The van der Waals surface area contributed by atoms with E-state index in [0.29, 0.717) is 24.2 Å². The SMILES string of the molecule is CCN(CC)C(=O)[C@H](Sc1nnnn1-c1ccc(C(C)C)cc1)c1ccccc1. The molecule has 7 heteroatoms. The largest absolute Gasteiger partial charge is 0.342 e. The first-order valence-electron chi connectivity index (χ1n) is 9.94. The standard InChI is InChI=1S/C22H27N5OS/c1-5-26(6-2)21(28)20(18-10-8-7-9-11-18)29-22-23-24-25-27(22)19-14-12-17(13-15-19)16(3)4/h7-16,20H,5-6H2,1-4H3/t20-/m1/s1. The number of thioether (sulfide) groups is 1. The van der Waals surface area contributed by atoms with Gasteiger partial charge in [0.2, 0.25) is 11.1 Å². The summed E-state index contributed by atoms with van der Waals surface area (Å²) in [5.74, 6) is 0.525. The van der Waals surface area contributed by atoms with E-state index < -0.39 is 5.25 Å². The van der Waals surface area contributed by atoms with Crippen LogP contribution in [-0.4, -0.2) is 44.1 Å².